The summed E-state index contributed by atoms with van der Waals surface area (Å²) in [6, 6.07) is 4.28. The Balaban J connectivity index is 1.35. The topological polar surface area (TPSA) is 96.4 Å². The van der Waals surface area contributed by atoms with Crippen molar-refractivity contribution in [2.24, 2.45) is 11.8 Å². The molecule has 0 spiro atoms. The fraction of sp³-hybridized carbons (Fsp3) is 0.333. The molecule has 4 aliphatic rings. The van der Waals surface area contributed by atoms with Crippen LogP contribution in [0.5, 0.6) is 0 Å². The highest BCUT2D eigenvalue weighted by molar-refractivity contribution is 6.33. The van der Waals surface area contributed by atoms with Gasteiger partial charge >= 0.3 is 0 Å². The Morgan fingerprint density at radius 2 is 2.11 bits per heavy atom. The zero-order valence-electron chi connectivity index (χ0n) is 20.2. The Labute approximate surface area is 218 Å². The molecule has 2 unspecified atom stereocenters. The van der Waals surface area contributed by atoms with Crippen molar-refractivity contribution >= 4 is 46.3 Å². The third-order valence-electron chi connectivity index (χ3n) is 7.30. The van der Waals surface area contributed by atoms with Crippen molar-refractivity contribution in [1.82, 2.24) is 14.9 Å². The van der Waals surface area contributed by atoms with Crippen molar-refractivity contribution in [2.45, 2.75) is 19.8 Å². The van der Waals surface area contributed by atoms with Gasteiger partial charge in [-0.2, -0.15) is 0 Å². The molecule has 37 heavy (non-hydrogen) atoms. The van der Waals surface area contributed by atoms with Crippen LogP contribution in [-0.2, 0) is 14.3 Å². The molecule has 2 fully saturated rings. The minimum absolute atomic E-state index is 0.0195. The fourth-order valence-electron chi connectivity index (χ4n) is 5.29. The van der Waals surface area contributed by atoms with Gasteiger partial charge in [-0.25, -0.2) is 14.4 Å². The molecular weight excluding hydrogens is 497 g/mol. The summed E-state index contributed by atoms with van der Waals surface area (Å²) < 4.78 is 19.0. The third kappa shape index (κ3) is 4.53. The number of rotatable bonds is 4. The van der Waals surface area contributed by atoms with Crippen molar-refractivity contribution < 1.29 is 18.7 Å². The molecule has 2 aliphatic carbocycles. The van der Waals surface area contributed by atoms with Gasteiger partial charge in [0.05, 0.1) is 29.4 Å². The first-order valence-corrected chi connectivity index (χ1v) is 12.7. The van der Waals surface area contributed by atoms with E-state index in [-0.39, 0.29) is 22.8 Å². The summed E-state index contributed by atoms with van der Waals surface area (Å²) in [4.78, 5) is 36.7. The number of ether oxygens (including phenoxy) is 1. The minimum atomic E-state index is -0.521. The Morgan fingerprint density at radius 3 is 2.89 bits per heavy atom. The number of amides is 2. The van der Waals surface area contributed by atoms with Gasteiger partial charge in [0.25, 0.3) is 5.91 Å². The summed E-state index contributed by atoms with van der Waals surface area (Å²) in [6.45, 7) is 4.34. The smallest absolute Gasteiger partial charge is 0.257 e. The average molecular weight is 522 g/mol. The van der Waals surface area contributed by atoms with Crippen LogP contribution in [0.25, 0.3) is 5.57 Å². The first-order valence-electron chi connectivity index (χ1n) is 12.3. The van der Waals surface area contributed by atoms with Crippen molar-refractivity contribution in [3.63, 3.8) is 0 Å². The monoisotopic (exact) mass is 521 g/mol. The third-order valence-corrected chi connectivity index (χ3v) is 7.59. The van der Waals surface area contributed by atoms with E-state index in [2.05, 4.69) is 20.6 Å². The maximum atomic E-state index is 13.6. The largest absolute Gasteiger partial charge is 0.378 e. The lowest BCUT2D eigenvalue weighted by Gasteiger charge is -2.27. The summed E-state index contributed by atoms with van der Waals surface area (Å²) in [6.07, 6.45) is 6.95. The van der Waals surface area contributed by atoms with Crippen LogP contribution in [0.15, 0.2) is 53.4 Å². The number of benzene rings is 1. The van der Waals surface area contributed by atoms with Gasteiger partial charge in [-0.05, 0) is 67.0 Å². The Bertz CT molecular complexity index is 1410. The van der Waals surface area contributed by atoms with E-state index in [1.54, 1.807) is 6.07 Å². The van der Waals surface area contributed by atoms with Crippen LogP contribution in [0.2, 0.25) is 5.02 Å². The maximum absolute atomic E-state index is 13.6. The van der Waals surface area contributed by atoms with E-state index in [0.717, 1.165) is 29.6 Å². The standard InChI is InChI=1S/C27H25ClFN5O3/c1-14-8-16(27(36)34-4-6-37-7-5-34)9-15-10-19(15)18(14)12-20-23-24(30-13-31-25(23)33-26(20)35)32-17-2-3-22(29)21(28)11-17/h2-3,8,11-13,15,19H,4-7,9-10H2,1H3,(H2,30,31,32,33,35)/b20-12-. The molecule has 2 aliphatic heterocycles. The number of carbonyl (C=O) groups excluding carboxylic acids is 2. The highest BCUT2D eigenvalue weighted by atomic mass is 35.5. The normalized spacial score (nSPS) is 23.8. The van der Waals surface area contributed by atoms with E-state index in [1.807, 2.05) is 24.0 Å². The number of nitrogens with one attached hydrogen (secondary N) is 2. The average Bonchev–Trinajstić information content (AvgIpc) is 3.59. The molecule has 3 heterocycles. The number of fused-ring (bicyclic) bond motifs is 2. The molecule has 8 nitrogen and oxygen atoms in total. The number of nitrogens with zero attached hydrogens (tertiary/aromatic N) is 3. The van der Waals surface area contributed by atoms with Gasteiger partial charge in [0.15, 0.2) is 0 Å². The molecule has 2 atom stereocenters. The predicted molar refractivity (Wildman–Crippen MR) is 138 cm³/mol. The number of morpholine rings is 1. The van der Waals surface area contributed by atoms with Gasteiger partial charge in [-0.3, -0.25) is 9.59 Å². The van der Waals surface area contributed by atoms with Gasteiger partial charge in [0.2, 0.25) is 5.91 Å². The van der Waals surface area contributed by atoms with E-state index < -0.39 is 5.82 Å². The first kappa shape index (κ1) is 23.8. The lowest BCUT2D eigenvalue weighted by Crippen LogP contribution is -2.41. The summed E-state index contributed by atoms with van der Waals surface area (Å²) >= 11 is 5.94. The van der Waals surface area contributed by atoms with Gasteiger partial charge in [0.1, 0.15) is 23.8 Å². The summed E-state index contributed by atoms with van der Waals surface area (Å²) in [5, 5.41) is 5.94. The second kappa shape index (κ2) is 9.39. The van der Waals surface area contributed by atoms with E-state index in [4.69, 9.17) is 16.3 Å². The first-order chi connectivity index (χ1) is 17.9. The van der Waals surface area contributed by atoms with E-state index in [1.165, 1.54) is 18.5 Å². The molecular formula is C27H25ClFN5O3. The Morgan fingerprint density at radius 1 is 1.30 bits per heavy atom. The molecule has 2 amide bonds. The van der Waals surface area contributed by atoms with Crippen molar-refractivity contribution in [1.29, 1.82) is 0 Å². The molecule has 1 aromatic heterocycles. The minimum Gasteiger partial charge on any atom is -0.378 e. The molecule has 1 aromatic carbocycles. The SMILES string of the molecule is CC1=C(/C=C2\C(=O)Nc3ncnc(Nc4ccc(F)c(Cl)c4)c32)C2CC2CC(C(=O)N2CCOCC2)=C1. The maximum Gasteiger partial charge on any atom is 0.257 e. The van der Waals surface area contributed by atoms with E-state index in [9.17, 15) is 14.0 Å². The van der Waals surface area contributed by atoms with Gasteiger partial charge in [-0.1, -0.05) is 17.7 Å². The highest BCUT2D eigenvalue weighted by Crippen LogP contribution is 2.52. The quantitative estimate of drug-likeness (QED) is 0.575. The zero-order chi connectivity index (χ0) is 25.7. The van der Waals surface area contributed by atoms with E-state index >= 15 is 0 Å². The number of halogens is 2. The van der Waals surface area contributed by atoms with Crippen LogP contribution in [-0.4, -0.2) is 53.0 Å². The molecule has 10 heteroatoms. The zero-order valence-corrected chi connectivity index (χ0v) is 20.9. The number of hydrogen-bond donors (Lipinski definition) is 2. The molecule has 1 saturated carbocycles. The molecule has 6 rings (SSSR count). The van der Waals surface area contributed by atoms with Gasteiger partial charge < -0.3 is 20.3 Å². The van der Waals surface area contributed by atoms with Crippen LogP contribution < -0.4 is 10.6 Å². The second-order valence-electron chi connectivity index (χ2n) is 9.73. The summed E-state index contributed by atoms with van der Waals surface area (Å²) in [5.41, 5.74) is 4.37. The summed E-state index contributed by atoms with van der Waals surface area (Å²) in [7, 11) is 0. The van der Waals surface area contributed by atoms with Crippen LogP contribution in [0.4, 0.5) is 21.7 Å². The molecule has 0 radical (unpaired) electrons. The molecule has 1 saturated heterocycles. The highest BCUT2D eigenvalue weighted by Gasteiger charge is 2.43. The van der Waals surface area contributed by atoms with E-state index in [0.29, 0.717) is 60.7 Å². The molecule has 2 aromatic rings. The predicted octanol–water partition coefficient (Wildman–Crippen LogP) is 4.49. The van der Waals surface area contributed by atoms with Crippen molar-refractivity contribution in [3.8, 4) is 0 Å². The van der Waals surface area contributed by atoms with Crippen LogP contribution in [0.1, 0.15) is 25.3 Å². The Hall–Kier alpha value is -3.56. The summed E-state index contributed by atoms with van der Waals surface area (Å²) in [5.74, 6) is 0.750. The number of aromatic nitrogens is 2. The Kier molecular flexibility index (Phi) is 6.04. The number of anilines is 3. The number of allylic oxidation sites excluding steroid dienone is 4. The number of hydrogen-bond acceptors (Lipinski definition) is 6. The molecule has 0 bridgehead atoms. The van der Waals surface area contributed by atoms with Gasteiger partial charge in [-0.15, -0.1) is 0 Å². The second-order valence-corrected chi connectivity index (χ2v) is 10.1. The van der Waals surface area contributed by atoms with Crippen molar-refractivity contribution in [3.05, 3.63) is 69.8 Å². The van der Waals surface area contributed by atoms with Crippen LogP contribution in [0, 0.1) is 17.7 Å². The fourth-order valence-corrected chi connectivity index (χ4v) is 5.48. The van der Waals surface area contributed by atoms with Crippen LogP contribution in [0.3, 0.4) is 0 Å². The van der Waals surface area contributed by atoms with Crippen LogP contribution >= 0.6 is 11.6 Å². The molecule has 190 valence electrons. The lowest BCUT2D eigenvalue weighted by atomic mass is 9.98. The van der Waals surface area contributed by atoms with Gasteiger partial charge in [0, 0.05) is 24.4 Å². The number of carbonyl (C=O) groups is 2. The lowest BCUT2D eigenvalue weighted by molar-refractivity contribution is -0.131. The van der Waals surface area contributed by atoms with Crippen molar-refractivity contribution in [2.75, 3.05) is 36.9 Å². The molecule has 2 N–H and O–H groups in total.